The normalized spacial score (nSPS) is 15.8. The summed E-state index contributed by atoms with van der Waals surface area (Å²) in [4.78, 5) is 34.7. The monoisotopic (exact) mass is 348 g/mol. The molecule has 0 bridgehead atoms. The Balaban J connectivity index is 4.88. The van der Waals surface area contributed by atoms with E-state index in [9.17, 15) is 24.6 Å². The summed E-state index contributed by atoms with van der Waals surface area (Å²) in [5, 5.41) is 21.2. The molecule has 9 nitrogen and oxygen atoms in total. The van der Waals surface area contributed by atoms with Crippen LogP contribution in [0.5, 0.6) is 0 Å². The van der Waals surface area contributed by atoms with Crippen molar-refractivity contribution in [1.29, 1.82) is 0 Å². The fourth-order valence-electron chi connectivity index (χ4n) is 1.63. The molecule has 0 aliphatic rings. The van der Waals surface area contributed by atoms with Crippen LogP contribution in [0.4, 0.5) is 4.79 Å². The molecule has 0 aliphatic carbocycles. The molecule has 0 radical (unpaired) electrons. The lowest BCUT2D eigenvalue weighted by Gasteiger charge is -2.32. The van der Waals surface area contributed by atoms with Gasteiger partial charge in [0.2, 0.25) is 5.66 Å². The maximum absolute atomic E-state index is 11.7. The molecule has 0 fully saturated rings. The second-order valence-corrected chi connectivity index (χ2v) is 7.44. The van der Waals surface area contributed by atoms with Crippen molar-refractivity contribution in [3.05, 3.63) is 0 Å². The van der Waals surface area contributed by atoms with Crippen LogP contribution >= 0.6 is 0 Å². The van der Waals surface area contributed by atoms with Crippen LogP contribution in [0.25, 0.3) is 0 Å². The minimum atomic E-state index is -2.50. The third-order valence-corrected chi connectivity index (χ3v) is 2.63. The molecule has 9 heteroatoms. The summed E-state index contributed by atoms with van der Waals surface area (Å²) >= 11 is 0. The van der Waals surface area contributed by atoms with E-state index in [-0.39, 0.29) is 12.8 Å². The van der Waals surface area contributed by atoms with E-state index in [1.165, 1.54) is 0 Å². The Morgan fingerprint density at radius 3 is 1.88 bits per heavy atom. The smallest absolute Gasteiger partial charge is 0.409 e. The molecular formula is C15H28N2O7. The maximum atomic E-state index is 11.7. The molecule has 0 rings (SSSR count). The van der Waals surface area contributed by atoms with Gasteiger partial charge in [-0.2, -0.15) is 0 Å². The van der Waals surface area contributed by atoms with Crippen molar-refractivity contribution in [1.82, 2.24) is 5.32 Å². The second-order valence-electron chi connectivity index (χ2n) is 7.44. The van der Waals surface area contributed by atoms with E-state index < -0.39 is 41.0 Å². The Morgan fingerprint density at radius 2 is 1.50 bits per heavy atom. The minimum Gasteiger partial charge on any atom is -0.478 e. The summed E-state index contributed by atoms with van der Waals surface area (Å²) in [7, 11) is 0. The van der Waals surface area contributed by atoms with Gasteiger partial charge in [0.25, 0.3) is 0 Å². The summed E-state index contributed by atoms with van der Waals surface area (Å²) in [5.41, 5.74) is 1.53. The number of carboxylic acids is 1. The zero-order valence-electron chi connectivity index (χ0n) is 15.0. The van der Waals surface area contributed by atoms with Crippen molar-refractivity contribution < 1.29 is 34.1 Å². The van der Waals surface area contributed by atoms with Crippen LogP contribution in [0.2, 0.25) is 0 Å². The molecular weight excluding hydrogens is 320 g/mol. The predicted molar refractivity (Wildman–Crippen MR) is 85.0 cm³/mol. The first kappa shape index (κ1) is 22.1. The van der Waals surface area contributed by atoms with Gasteiger partial charge in [-0.3, -0.25) is 15.8 Å². The van der Waals surface area contributed by atoms with Crippen LogP contribution in [-0.4, -0.2) is 51.2 Å². The molecule has 0 aromatic rings. The van der Waals surface area contributed by atoms with Gasteiger partial charge in [-0.15, -0.1) is 0 Å². The van der Waals surface area contributed by atoms with Crippen LogP contribution in [0.1, 0.15) is 54.4 Å². The molecule has 2 unspecified atom stereocenters. The quantitative estimate of drug-likeness (QED) is 0.405. The summed E-state index contributed by atoms with van der Waals surface area (Å²) < 4.78 is 9.99. The number of carbonyl (C=O) groups excluding carboxylic acids is 2. The van der Waals surface area contributed by atoms with Gasteiger partial charge in [0.05, 0.1) is 0 Å². The predicted octanol–water partition coefficient (Wildman–Crippen LogP) is 0.734. The van der Waals surface area contributed by atoms with Crippen LogP contribution in [0, 0.1) is 0 Å². The van der Waals surface area contributed by atoms with Gasteiger partial charge < -0.3 is 19.7 Å². The summed E-state index contributed by atoms with van der Waals surface area (Å²) in [6.45, 7) is 9.79. The zero-order valence-corrected chi connectivity index (χ0v) is 15.0. The molecule has 0 spiro atoms. The lowest BCUT2D eigenvalue weighted by atomic mass is 9.99. The average Bonchev–Trinajstić information content (AvgIpc) is 2.30. The topological polar surface area (TPSA) is 148 Å². The van der Waals surface area contributed by atoms with Crippen molar-refractivity contribution in [2.24, 2.45) is 5.73 Å². The van der Waals surface area contributed by atoms with Gasteiger partial charge in [0.15, 0.2) is 0 Å². The lowest BCUT2D eigenvalue weighted by molar-refractivity contribution is -0.158. The molecule has 0 aliphatic heterocycles. The molecule has 0 aromatic carbocycles. The number of nitrogens with one attached hydrogen (secondary N) is 1. The molecule has 24 heavy (non-hydrogen) atoms. The number of carboxylic acid groups (broad SMARTS) is 1. The van der Waals surface area contributed by atoms with Crippen LogP contribution < -0.4 is 11.1 Å². The van der Waals surface area contributed by atoms with Gasteiger partial charge in [-0.05, 0) is 48.0 Å². The lowest BCUT2D eigenvalue weighted by Crippen LogP contribution is -2.68. The number of esters is 1. The molecule has 140 valence electrons. The molecule has 0 saturated heterocycles. The molecule has 0 heterocycles. The first-order chi connectivity index (χ1) is 10.6. The Bertz CT molecular complexity index is 479. The van der Waals surface area contributed by atoms with E-state index in [1.807, 2.05) is 5.32 Å². The second kappa shape index (κ2) is 7.80. The maximum Gasteiger partial charge on any atom is 0.409 e. The SMILES string of the molecule is CC(C)(C)OC(=O)CCC(O)C(N)(NC(=O)OC(C)(C)C)C(=O)O. The van der Waals surface area contributed by atoms with Gasteiger partial charge in [0, 0.05) is 6.42 Å². The number of alkyl carbamates (subject to hydrolysis) is 1. The minimum absolute atomic E-state index is 0.263. The molecule has 1 amide bonds. The van der Waals surface area contributed by atoms with Gasteiger partial charge in [0.1, 0.15) is 17.3 Å². The van der Waals surface area contributed by atoms with Crippen molar-refractivity contribution in [2.45, 2.75) is 77.4 Å². The highest BCUT2D eigenvalue weighted by atomic mass is 16.6. The number of amides is 1. The molecule has 2 atom stereocenters. The number of hydrogen-bond donors (Lipinski definition) is 4. The van der Waals surface area contributed by atoms with Crippen LogP contribution in [0.15, 0.2) is 0 Å². The number of carbonyl (C=O) groups is 3. The van der Waals surface area contributed by atoms with Crippen LogP contribution in [-0.2, 0) is 19.1 Å². The molecule has 0 saturated carbocycles. The molecule has 0 aromatic heterocycles. The van der Waals surface area contributed by atoms with Gasteiger partial charge in [-0.1, -0.05) is 0 Å². The molecule has 5 N–H and O–H groups in total. The summed E-state index contributed by atoms with van der Waals surface area (Å²) in [6, 6.07) is 0. The number of aliphatic hydroxyl groups excluding tert-OH is 1. The van der Waals surface area contributed by atoms with Crippen molar-refractivity contribution in [3.63, 3.8) is 0 Å². The number of aliphatic carboxylic acids is 1. The van der Waals surface area contributed by atoms with E-state index in [0.29, 0.717) is 0 Å². The number of ether oxygens (including phenoxy) is 2. The van der Waals surface area contributed by atoms with Crippen molar-refractivity contribution in [2.75, 3.05) is 0 Å². The fourth-order valence-corrected chi connectivity index (χ4v) is 1.63. The highest BCUT2D eigenvalue weighted by molar-refractivity contribution is 5.84. The number of aliphatic hydroxyl groups is 1. The van der Waals surface area contributed by atoms with Crippen LogP contribution in [0.3, 0.4) is 0 Å². The highest BCUT2D eigenvalue weighted by Crippen LogP contribution is 2.15. The van der Waals surface area contributed by atoms with Gasteiger partial charge in [-0.25, -0.2) is 9.59 Å². The fraction of sp³-hybridized carbons (Fsp3) is 0.800. The van der Waals surface area contributed by atoms with Crippen molar-refractivity contribution >= 4 is 18.0 Å². The third-order valence-electron chi connectivity index (χ3n) is 2.63. The number of nitrogens with two attached hydrogens (primary N) is 1. The van der Waals surface area contributed by atoms with Crippen molar-refractivity contribution in [3.8, 4) is 0 Å². The van der Waals surface area contributed by atoms with E-state index in [0.717, 1.165) is 0 Å². The largest absolute Gasteiger partial charge is 0.478 e. The van der Waals surface area contributed by atoms with E-state index >= 15 is 0 Å². The first-order valence-electron chi connectivity index (χ1n) is 7.50. The highest BCUT2D eigenvalue weighted by Gasteiger charge is 2.44. The first-order valence-corrected chi connectivity index (χ1v) is 7.50. The number of rotatable bonds is 6. The third kappa shape index (κ3) is 8.11. The Hall–Kier alpha value is -1.87. The zero-order chi connectivity index (χ0) is 19.3. The van der Waals surface area contributed by atoms with Gasteiger partial charge >= 0.3 is 18.0 Å². The Morgan fingerprint density at radius 1 is 1.04 bits per heavy atom. The Kier molecular flexibility index (Phi) is 7.19. The standard InChI is InChI=1S/C15H28N2O7/c1-13(2,3)23-10(19)8-7-9(18)15(16,11(20)21)17-12(22)24-14(4,5)6/h9,18H,7-8,16H2,1-6H3,(H,17,22)(H,20,21). The Labute approximate surface area is 141 Å². The average molecular weight is 348 g/mol. The summed E-state index contributed by atoms with van der Waals surface area (Å²) in [5.74, 6) is -2.28. The number of hydrogen-bond acceptors (Lipinski definition) is 7. The van der Waals surface area contributed by atoms with E-state index in [1.54, 1.807) is 41.5 Å². The summed E-state index contributed by atoms with van der Waals surface area (Å²) in [6.07, 6.45) is -3.40. The van der Waals surface area contributed by atoms with E-state index in [4.69, 9.17) is 15.2 Å². The van der Waals surface area contributed by atoms with E-state index in [2.05, 4.69) is 0 Å².